The van der Waals surface area contributed by atoms with Gasteiger partial charge in [0.2, 0.25) is 0 Å². The highest BCUT2D eigenvalue weighted by atomic mass is 35.5. The number of aromatic amines is 1. The van der Waals surface area contributed by atoms with E-state index in [1.165, 1.54) is 0 Å². The largest absolute Gasteiger partial charge is 0.380 e. The molecular weight excluding hydrogens is 378 g/mol. The first-order valence-electron chi connectivity index (χ1n) is 9.07. The maximum atomic E-state index is 13.0. The fourth-order valence-electron chi connectivity index (χ4n) is 3.08. The lowest BCUT2D eigenvalue weighted by molar-refractivity contribution is 0.0738. The maximum absolute atomic E-state index is 13.0. The molecule has 3 rings (SSSR count). The predicted octanol–water partition coefficient (Wildman–Crippen LogP) is 3.78. The van der Waals surface area contributed by atoms with E-state index in [4.69, 9.17) is 16.3 Å². The number of aromatic nitrogens is 2. The highest BCUT2D eigenvalue weighted by Gasteiger charge is 2.17. The number of amides is 1. The third-order valence-corrected chi connectivity index (χ3v) is 4.56. The van der Waals surface area contributed by atoms with E-state index in [9.17, 15) is 9.59 Å². The lowest BCUT2D eigenvalue weighted by Crippen LogP contribution is -2.32. The van der Waals surface area contributed by atoms with E-state index < -0.39 is 0 Å². The molecular formula is C21H22ClN3O3. The second kappa shape index (κ2) is 8.99. The van der Waals surface area contributed by atoms with Crippen molar-refractivity contribution in [1.29, 1.82) is 0 Å². The summed E-state index contributed by atoms with van der Waals surface area (Å²) in [5, 5.41) is 0.974. The highest BCUT2D eigenvalue weighted by molar-refractivity contribution is 6.31. The number of nitrogens with one attached hydrogen (secondary N) is 1. The van der Waals surface area contributed by atoms with Gasteiger partial charge in [-0.05, 0) is 42.3 Å². The van der Waals surface area contributed by atoms with E-state index in [0.29, 0.717) is 40.5 Å². The van der Waals surface area contributed by atoms with E-state index in [2.05, 4.69) is 9.97 Å². The molecule has 0 aliphatic carbocycles. The molecule has 0 radical (unpaired) electrons. The number of nitrogens with zero attached hydrogens (tertiary/aromatic N) is 2. The van der Waals surface area contributed by atoms with Crippen molar-refractivity contribution in [3.05, 3.63) is 74.8 Å². The summed E-state index contributed by atoms with van der Waals surface area (Å²) in [6, 6.07) is 12.3. The van der Waals surface area contributed by atoms with Crippen LogP contribution in [0, 0.1) is 0 Å². The molecule has 28 heavy (non-hydrogen) atoms. The quantitative estimate of drug-likeness (QED) is 0.656. The first-order chi connectivity index (χ1) is 13.5. The Bertz CT molecular complexity index is 1050. The molecule has 0 atom stereocenters. The van der Waals surface area contributed by atoms with Gasteiger partial charge in [-0.15, -0.1) is 0 Å². The third kappa shape index (κ3) is 4.58. The van der Waals surface area contributed by atoms with Crippen LogP contribution in [0.4, 0.5) is 0 Å². The van der Waals surface area contributed by atoms with Crippen LogP contribution in [0.3, 0.4) is 0 Å². The van der Waals surface area contributed by atoms with Crippen LogP contribution in [0.2, 0.25) is 5.02 Å². The molecule has 6 nitrogen and oxygen atoms in total. The van der Waals surface area contributed by atoms with E-state index in [1.807, 2.05) is 25.1 Å². The molecule has 1 amide bonds. The van der Waals surface area contributed by atoms with Crippen LogP contribution in [0.25, 0.3) is 10.9 Å². The van der Waals surface area contributed by atoms with Crippen molar-refractivity contribution in [3.8, 4) is 0 Å². The van der Waals surface area contributed by atoms with Crippen molar-refractivity contribution in [2.45, 2.75) is 26.5 Å². The van der Waals surface area contributed by atoms with Crippen molar-refractivity contribution < 1.29 is 9.53 Å². The van der Waals surface area contributed by atoms with Gasteiger partial charge in [-0.2, -0.15) is 0 Å². The summed E-state index contributed by atoms with van der Waals surface area (Å²) in [6.07, 6.45) is 0.785. The minimum Gasteiger partial charge on any atom is -0.380 e. The first-order valence-corrected chi connectivity index (χ1v) is 9.45. The molecule has 0 bridgehead atoms. The van der Waals surface area contributed by atoms with Gasteiger partial charge in [0.15, 0.2) is 0 Å². The number of ether oxygens (including phenoxy) is 1. The van der Waals surface area contributed by atoms with Crippen molar-refractivity contribution in [3.63, 3.8) is 0 Å². The average molecular weight is 400 g/mol. The van der Waals surface area contributed by atoms with Gasteiger partial charge in [0.1, 0.15) is 5.82 Å². The van der Waals surface area contributed by atoms with E-state index in [0.717, 1.165) is 12.0 Å². The number of fused-ring (bicyclic) bond motifs is 1. The molecule has 0 unspecified atom stereocenters. The highest BCUT2D eigenvalue weighted by Crippen LogP contribution is 2.16. The van der Waals surface area contributed by atoms with Crippen LogP contribution in [0.1, 0.15) is 35.1 Å². The zero-order valence-electron chi connectivity index (χ0n) is 15.9. The third-order valence-electron chi connectivity index (χ3n) is 4.32. The summed E-state index contributed by atoms with van der Waals surface area (Å²) in [6.45, 7) is 3.19. The molecule has 0 spiro atoms. The fraction of sp³-hybridized carbons (Fsp3) is 0.286. The summed E-state index contributed by atoms with van der Waals surface area (Å²) >= 11 is 6.02. The monoisotopic (exact) mass is 399 g/mol. The number of halogens is 1. The molecule has 0 saturated carbocycles. The van der Waals surface area contributed by atoms with Crippen LogP contribution in [-0.4, -0.2) is 34.4 Å². The molecule has 0 saturated heterocycles. The number of methoxy groups -OCH3 is 1. The molecule has 0 aliphatic heterocycles. The summed E-state index contributed by atoms with van der Waals surface area (Å²) in [5.74, 6) is 0.309. The molecule has 0 aliphatic rings. The fourth-order valence-corrected chi connectivity index (χ4v) is 3.25. The molecule has 1 N–H and O–H groups in total. The van der Waals surface area contributed by atoms with Crippen molar-refractivity contribution >= 4 is 28.4 Å². The first kappa shape index (κ1) is 20.0. The van der Waals surface area contributed by atoms with E-state index >= 15 is 0 Å². The molecule has 3 aromatic rings. The predicted molar refractivity (Wildman–Crippen MR) is 110 cm³/mol. The normalized spacial score (nSPS) is 11.0. The Morgan fingerprint density at radius 2 is 2.07 bits per heavy atom. The Morgan fingerprint density at radius 3 is 2.82 bits per heavy atom. The molecule has 1 heterocycles. The Balaban J connectivity index is 1.90. The van der Waals surface area contributed by atoms with Crippen LogP contribution >= 0.6 is 11.6 Å². The van der Waals surface area contributed by atoms with Crippen molar-refractivity contribution in [1.82, 2.24) is 14.9 Å². The van der Waals surface area contributed by atoms with Gasteiger partial charge < -0.3 is 14.6 Å². The molecule has 146 valence electrons. The SMILES string of the molecule is CCCN(Cc1nc2cc(Cl)ccc2c(=O)[nH]1)C(=O)c1cccc(COC)c1. The number of carbonyl (C=O) groups excluding carboxylic acids is 1. The zero-order valence-corrected chi connectivity index (χ0v) is 16.6. The Labute approximate surface area is 168 Å². The van der Waals surface area contributed by atoms with Gasteiger partial charge in [0.25, 0.3) is 11.5 Å². The Morgan fingerprint density at radius 1 is 1.25 bits per heavy atom. The number of rotatable bonds is 7. The molecule has 7 heteroatoms. The number of benzene rings is 2. The summed E-state index contributed by atoms with van der Waals surface area (Å²) in [7, 11) is 1.62. The van der Waals surface area contributed by atoms with Gasteiger partial charge in [0.05, 0.1) is 24.1 Å². The van der Waals surface area contributed by atoms with Crippen LogP contribution in [0.15, 0.2) is 47.3 Å². The molecule has 0 fully saturated rings. The van der Waals surface area contributed by atoms with E-state index in [-0.39, 0.29) is 18.0 Å². The second-order valence-electron chi connectivity index (χ2n) is 6.53. The van der Waals surface area contributed by atoms with Crippen LogP contribution < -0.4 is 5.56 Å². The minimum absolute atomic E-state index is 0.117. The summed E-state index contributed by atoms with van der Waals surface area (Å²) < 4.78 is 5.14. The van der Waals surface area contributed by atoms with Crippen molar-refractivity contribution in [2.24, 2.45) is 0 Å². The van der Waals surface area contributed by atoms with Gasteiger partial charge in [-0.3, -0.25) is 9.59 Å². The number of H-pyrrole nitrogens is 1. The van der Waals surface area contributed by atoms with Crippen LogP contribution in [-0.2, 0) is 17.9 Å². The maximum Gasteiger partial charge on any atom is 0.258 e. The topological polar surface area (TPSA) is 75.3 Å². The van der Waals surface area contributed by atoms with Crippen molar-refractivity contribution in [2.75, 3.05) is 13.7 Å². The van der Waals surface area contributed by atoms with Gasteiger partial charge in [-0.1, -0.05) is 30.7 Å². The van der Waals surface area contributed by atoms with Gasteiger partial charge in [0, 0.05) is 24.2 Å². The average Bonchev–Trinajstić information content (AvgIpc) is 2.67. The molecule has 2 aromatic carbocycles. The lowest BCUT2D eigenvalue weighted by atomic mass is 10.1. The summed E-state index contributed by atoms with van der Waals surface area (Å²) in [5.41, 5.74) is 1.77. The summed E-state index contributed by atoms with van der Waals surface area (Å²) in [4.78, 5) is 34.3. The molecule has 1 aromatic heterocycles. The van der Waals surface area contributed by atoms with Gasteiger partial charge >= 0.3 is 0 Å². The standard InChI is InChI=1S/C21H22ClN3O3/c1-3-9-25(21(27)15-6-4-5-14(10-15)13-28-2)12-19-23-18-11-16(22)7-8-17(18)20(26)24-19/h4-8,10-11H,3,9,12-13H2,1-2H3,(H,23,24,26). The second-order valence-corrected chi connectivity index (χ2v) is 6.97. The Kier molecular flexibility index (Phi) is 6.44. The smallest absolute Gasteiger partial charge is 0.258 e. The van der Waals surface area contributed by atoms with Crippen LogP contribution in [0.5, 0.6) is 0 Å². The van der Waals surface area contributed by atoms with E-state index in [1.54, 1.807) is 36.3 Å². The minimum atomic E-state index is -0.248. The number of hydrogen-bond donors (Lipinski definition) is 1. The zero-order chi connectivity index (χ0) is 20.1. The number of carbonyl (C=O) groups is 1. The lowest BCUT2D eigenvalue weighted by Gasteiger charge is -2.22. The van der Waals surface area contributed by atoms with Gasteiger partial charge in [-0.25, -0.2) is 4.98 Å². The number of hydrogen-bond acceptors (Lipinski definition) is 4. The Hall–Kier alpha value is -2.70.